The Morgan fingerprint density at radius 2 is 2.18 bits per heavy atom. The Morgan fingerprint density at radius 3 is 2.82 bits per heavy atom. The largest absolute Gasteiger partial charge is 0.325 e. The first-order chi connectivity index (χ1) is 8.24. The molecule has 3 N–H and O–H groups in total. The van der Waals surface area contributed by atoms with Crippen LogP contribution in [-0.4, -0.2) is 31.6 Å². The lowest BCUT2D eigenvalue weighted by Gasteiger charge is -2.11. The summed E-state index contributed by atoms with van der Waals surface area (Å²) >= 11 is 0. The van der Waals surface area contributed by atoms with Crippen LogP contribution in [0, 0.1) is 5.82 Å². The average Bonchev–Trinajstić information content (AvgIpc) is 2.83. The van der Waals surface area contributed by atoms with Gasteiger partial charge in [-0.1, -0.05) is 0 Å². The van der Waals surface area contributed by atoms with E-state index in [-0.39, 0.29) is 18.3 Å². The standard InChI is InChI=1S/C12H16FN3O/c13-9-1-3-10(4-2-9)16-12(17)8-15-11-5-6-14-7-11/h1-4,11,14-15H,5-8H2,(H,16,17). The molecule has 1 aromatic rings. The van der Waals surface area contributed by atoms with Crippen LogP contribution in [0.5, 0.6) is 0 Å². The Morgan fingerprint density at radius 1 is 1.41 bits per heavy atom. The highest BCUT2D eigenvalue weighted by Crippen LogP contribution is 2.07. The van der Waals surface area contributed by atoms with Crippen LogP contribution in [0.3, 0.4) is 0 Å². The Labute approximate surface area is 99.6 Å². The summed E-state index contributed by atoms with van der Waals surface area (Å²) in [6, 6.07) is 6.11. The van der Waals surface area contributed by atoms with E-state index in [4.69, 9.17) is 0 Å². The minimum Gasteiger partial charge on any atom is -0.325 e. The van der Waals surface area contributed by atoms with Gasteiger partial charge in [-0.15, -0.1) is 0 Å². The van der Waals surface area contributed by atoms with Crippen LogP contribution in [0.1, 0.15) is 6.42 Å². The molecule has 1 unspecified atom stereocenters. The van der Waals surface area contributed by atoms with Crippen molar-refractivity contribution in [2.24, 2.45) is 0 Å². The van der Waals surface area contributed by atoms with Crippen LogP contribution in [-0.2, 0) is 4.79 Å². The van der Waals surface area contributed by atoms with E-state index in [1.807, 2.05) is 0 Å². The summed E-state index contributed by atoms with van der Waals surface area (Å²) in [6.07, 6.45) is 1.05. The number of anilines is 1. The topological polar surface area (TPSA) is 53.2 Å². The zero-order chi connectivity index (χ0) is 12.1. The van der Waals surface area contributed by atoms with Gasteiger partial charge in [-0.25, -0.2) is 4.39 Å². The van der Waals surface area contributed by atoms with Crippen molar-refractivity contribution in [2.45, 2.75) is 12.5 Å². The number of nitrogens with one attached hydrogen (secondary N) is 3. The van der Waals surface area contributed by atoms with Gasteiger partial charge >= 0.3 is 0 Å². The van der Waals surface area contributed by atoms with Gasteiger partial charge in [0, 0.05) is 18.3 Å². The molecule has 2 rings (SSSR count). The van der Waals surface area contributed by atoms with E-state index in [2.05, 4.69) is 16.0 Å². The van der Waals surface area contributed by atoms with E-state index in [9.17, 15) is 9.18 Å². The molecule has 5 heteroatoms. The van der Waals surface area contributed by atoms with Gasteiger partial charge in [0.25, 0.3) is 0 Å². The quantitative estimate of drug-likeness (QED) is 0.723. The van der Waals surface area contributed by atoms with Crippen molar-refractivity contribution in [3.63, 3.8) is 0 Å². The molecule has 1 fully saturated rings. The maximum atomic E-state index is 12.6. The molecule has 0 bridgehead atoms. The molecule has 1 amide bonds. The minimum absolute atomic E-state index is 0.108. The maximum Gasteiger partial charge on any atom is 0.238 e. The Balaban J connectivity index is 1.74. The number of halogens is 1. The molecule has 1 aliphatic heterocycles. The van der Waals surface area contributed by atoms with Gasteiger partial charge < -0.3 is 16.0 Å². The van der Waals surface area contributed by atoms with Crippen molar-refractivity contribution in [2.75, 3.05) is 25.0 Å². The van der Waals surface area contributed by atoms with Crippen molar-refractivity contribution in [1.29, 1.82) is 0 Å². The van der Waals surface area contributed by atoms with Crippen molar-refractivity contribution in [1.82, 2.24) is 10.6 Å². The molecule has 0 aliphatic carbocycles. The molecule has 4 nitrogen and oxygen atoms in total. The van der Waals surface area contributed by atoms with Crippen LogP contribution in [0.25, 0.3) is 0 Å². The van der Waals surface area contributed by atoms with Crippen molar-refractivity contribution in [3.8, 4) is 0 Å². The normalized spacial score (nSPS) is 19.2. The van der Waals surface area contributed by atoms with Crippen LogP contribution in [0.4, 0.5) is 10.1 Å². The number of carbonyl (C=O) groups is 1. The van der Waals surface area contributed by atoms with E-state index >= 15 is 0 Å². The molecule has 17 heavy (non-hydrogen) atoms. The Bertz CT molecular complexity index is 374. The number of benzene rings is 1. The number of amides is 1. The van der Waals surface area contributed by atoms with E-state index < -0.39 is 0 Å². The fourth-order valence-electron chi connectivity index (χ4n) is 1.80. The molecule has 1 saturated heterocycles. The second-order valence-corrected chi connectivity index (χ2v) is 4.13. The van der Waals surface area contributed by atoms with E-state index in [0.717, 1.165) is 19.5 Å². The predicted molar refractivity (Wildman–Crippen MR) is 64.3 cm³/mol. The summed E-state index contributed by atoms with van der Waals surface area (Å²) in [5, 5.41) is 9.09. The molecule has 1 atom stereocenters. The highest BCUT2D eigenvalue weighted by molar-refractivity contribution is 5.92. The first-order valence-electron chi connectivity index (χ1n) is 5.73. The van der Waals surface area contributed by atoms with Crippen LogP contribution in [0.2, 0.25) is 0 Å². The van der Waals surface area contributed by atoms with Gasteiger partial charge in [0.05, 0.1) is 6.54 Å². The minimum atomic E-state index is -0.307. The van der Waals surface area contributed by atoms with Gasteiger partial charge in [-0.05, 0) is 37.2 Å². The lowest BCUT2D eigenvalue weighted by Crippen LogP contribution is -2.37. The summed E-state index contributed by atoms with van der Waals surface area (Å²) in [5.41, 5.74) is 0.614. The number of carbonyl (C=O) groups excluding carboxylic acids is 1. The molecule has 92 valence electrons. The number of rotatable bonds is 4. The lowest BCUT2D eigenvalue weighted by molar-refractivity contribution is -0.115. The number of hydrogen-bond donors (Lipinski definition) is 3. The maximum absolute atomic E-state index is 12.6. The Kier molecular flexibility index (Phi) is 4.06. The molecule has 1 heterocycles. The second kappa shape index (κ2) is 5.75. The summed E-state index contributed by atoms with van der Waals surface area (Å²) in [4.78, 5) is 11.6. The zero-order valence-corrected chi connectivity index (χ0v) is 9.50. The molecular weight excluding hydrogens is 221 g/mol. The molecule has 0 radical (unpaired) electrons. The summed E-state index contributed by atoms with van der Waals surface area (Å²) in [6.45, 7) is 2.19. The molecule has 1 aromatic carbocycles. The molecule has 0 saturated carbocycles. The third-order valence-electron chi connectivity index (χ3n) is 2.74. The fourth-order valence-corrected chi connectivity index (χ4v) is 1.80. The molecular formula is C12H16FN3O. The van der Waals surface area contributed by atoms with Gasteiger partial charge in [0.2, 0.25) is 5.91 Å². The summed E-state index contributed by atoms with van der Waals surface area (Å²) in [5.74, 6) is -0.415. The van der Waals surface area contributed by atoms with Gasteiger partial charge in [-0.2, -0.15) is 0 Å². The third kappa shape index (κ3) is 3.80. The zero-order valence-electron chi connectivity index (χ0n) is 9.50. The van der Waals surface area contributed by atoms with Crippen molar-refractivity contribution < 1.29 is 9.18 Å². The van der Waals surface area contributed by atoms with E-state index in [1.54, 1.807) is 12.1 Å². The van der Waals surface area contributed by atoms with Crippen molar-refractivity contribution in [3.05, 3.63) is 30.1 Å². The van der Waals surface area contributed by atoms with Crippen LogP contribution >= 0.6 is 0 Å². The van der Waals surface area contributed by atoms with Crippen LogP contribution in [0.15, 0.2) is 24.3 Å². The first kappa shape index (κ1) is 12.0. The van der Waals surface area contributed by atoms with E-state index in [0.29, 0.717) is 11.7 Å². The highest BCUT2D eigenvalue weighted by Gasteiger charge is 2.14. The third-order valence-corrected chi connectivity index (χ3v) is 2.74. The summed E-state index contributed by atoms with van der Waals surface area (Å²) in [7, 11) is 0. The van der Waals surface area contributed by atoms with Gasteiger partial charge in [-0.3, -0.25) is 4.79 Å². The SMILES string of the molecule is O=C(CNC1CCNC1)Nc1ccc(F)cc1. The first-order valence-corrected chi connectivity index (χ1v) is 5.73. The van der Waals surface area contributed by atoms with Crippen molar-refractivity contribution >= 4 is 11.6 Å². The highest BCUT2D eigenvalue weighted by atomic mass is 19.1. The predicted octanol–water partition coefficient (Wildman–Crippen LogP) is 0.716. The smallest absolute Gasteiger partial charge is 0.238 e. The molecule has 0 spiro atoms. The van der Waals surface area contributed by atoms with Gasteiger partial charge in [0.15, 0.2) is 0 Å². The van der Waals surface area contributed by atoms with E-state index in [1.165, 1.54) is 12.1 Å². The molecule has 1 aliphatic rings. The monoisotopic (exact) mass is 237 g/mol. The lowest BCUT2D eigenvalue weighted by atomic mass is 10.2. The van der Waals surface area contributed by atoms with Gasteiger partial charge in [0.1, 0.15) is 5.82 Å². The Hall–Kier alpha value is -1.46. The summed E-state index contributed by atoms with van der Waals surface area (Å²) < 4.78 is 12.6. The molecule has 0 aromatic heterocycles. The van der Waals surface area contributed by atoms with Crippen LogP contribution < -0.4 is 16.0 Å². The number of hydrogen-bond acceptors (Lipinski definition) is 3. The fraction of sp³-hybridized carbons (Fsp3) is 0.417. The second-order valence-electron chi connectivity index (χ2n) is 4.13. The average molecular weight is 237 g/mol.